The molecule has 0 spiro atoms. The lowest BCUT2D eigenvalue weighted by molar-refractivity contribution is -0.205. The third-order valence-electron chi connectivity index (χ3n) is 0.935. The highest BCUT2D eigenvalue weighted by molar-refractivity contribution is 7.34. The van der Waals surface area contributed by atoms with Crippen molar-refractivity contribution in [1.82, 2.24) is 0 Å². The monoisotopic (exact) mass is 134 g/mol. The summed E-state index contributed by atoms with van der Waals surface area (Å²) < 4.78 is 4.57. The molecule has 0 amide bonds. The van der Waals surface area contributed by atoms with Crippen molar-refractivity contribution in [2.75, 3.05) is 6.61 Å². The van der Waals surface area contributed by atoms with Crippen molar-refractivity contribution in [3.05, 3.63) is 0 Å². The molecule has 0 aromatic heterocycles. The van der Waals surface area contributed by atoms with Crippen LogP contribution in [0.3, 0.4) is 0 Å². The van der Waals surface area contributed by atoms with Gasteiger partial charge < -0.3 is 4.79 Å². The Bertz CT molecular complexity index is 79.4. The van der Waals surface area contributed by atoms with Gasteiger partial charge in [-0.05, 0) is 6.42 Å². The maximum Gasteiger partial charge on any atom is 0.129 e. The van der Waals surface area contributed by atoms with Gasteiger partial charge in [0.2, 0.25) is 0 Å². The summed E-state index contributed by atoms with van der Waals surface area (Å²) >= 11 is 0. The third-order valence-corrected chi connectivity index (χ3v) is 1.88. The molecule has 8 heavy (non-hydrogen) atoms. The first kappa shape index (κ1) is 6.14. The molecule has 0 radical (unpaired) electrons. The van der Waals surface area contributed by atoms with Gasteiger partial charge in [-0.1, -0.05) is 0 Å². The highest BCUT2D eigenvalue weighted by Crippen LogP contribution is 2.26. The Labute approximate surface area is 49.1 Å². The predicted molar refractivity (Wildman–Crippen MR) is 29.8 cm³/mol. The summed E-state index contributed by atoms with van der Waals surface area (Å²) in [7, 11) is 0.203. The first-order valence-electron chi connectivity index (χ1n) is 2.43. The second-order valence-corrected chi connectivity index (χ2v) is 2.70. The molecule has 3 nitrogen and oxygen atoms in total. The van der Waals surface area contributed by atoms with Crippen molar-refractivity contribution < 1.29 is 14.4 Å². The van der Waals surface area contributed by atoms with Crippen LogP contribution in [0.4, 0.5) is 0 Å². The van der Waals surface area contributed by atoms with Crippen LogP contribution in [0.1, 0.15) is 6.42 Å². The lowest BCUT2D eigenvalue weighted by Gasteiger charge is -2.14. The van der Waals surface area contributed by atoms with Crippen LogP contribution < -0.4 is 0 Å². The normalized spacial score (nSPS) is 32.8. The highest BCUT2D eigenvalue weighted by Gasteiger charge is 2.12. The number of aldehydes is 1. The van der Waals surface area contributed by atoms with Crippen molar-refractivity contribution in [3.8, 4) is 0 Å². The number of hydrogen-bond acceptors (Lipinski definition) is 3. The van der Waals surface area contributed by atoms with Crippen molar-refractivity contribution >= 4 is 15.1 Å². The van der Waals surface area contributed by atoms with E-state index in [2.05, 4.69) is 9.56 Å². The molecular weight excluding hydrogens is 127 g/mol. The Morgan fingerprint density at radius 1 is 1.75 bits per heavy atom. The summed E-state index contributed by atoms with van der Waals surface area (Å²) in [6.07, 6.45) is 1.73. The summed E-state index contributed by atoms with van der Waals surface area (Å²) in [6, 6.07) is 0. The smallest absolute Gasteiger partial charge is 0.129 e. The van der Waals surface area contributed by atoms with Crippen LogP contribution >= 0.6 is 8.81 Å². The van der Waals surface area contributed by atoms with E-state index in [1.807, 2.05) is 0 Å². The van der Waals surface area contributed by atoms with Crippen LogP contribution in [-0.2, 0) is 14.4 Å². The number of carbonyl (C=O) groups excluding carboxylic acids is 1. The fraction of sp³-hybridized carbons (Fsp3) is 0.750. The van der Waals surface area contributed by atoms with Gasteiger partial charge >= 0.3 is 0 Å². The average Bonchev–Trinajstić information content (AvgIpc) is 1.90. The molecule has 2 unspecified atom stereocenters. The number of rotatable bonds is 1. The molecule has 0 aromatic rings. The molecule has 1 rings (SSSR count). The van der Waals surface area contributed by atoms with Gasteiger partial charge in [-0.25, -0.2) is 9.56 Å². The maximum atomic E-state index is 10.0. The van der Waals surface area contributed by atoms with Crippen molar-refractivity contribution in [1.29, 1.82) is 0 Å². The Morgan fingerprint density at radius 3 is 3.00 bits per heavy atom. The van der Waals surface area contributed by atoms with Crippen molar-refractivity contribution in [2.24, 2.45) is 0 Å². The van der Waals surface area contributed by atoms with E-state index in [1.54, 1.807) is 0 Å². The van der Waals surface area contributed by atoms with E-state index in [0.29, 0.717) is 6.61 Å². The van der Waals surface area contributed by atoms with E-state index in [1.165, 1.54) is 0 Å². The minimum atomic E-state index is 0.0868. The molecule has 1 heterocycles. The van der Waals surface area contributed by atoms with Gasteiger partial charge in [-0.3, -0.25) is 0 Å². The Balaban J connectivity index is 2.22. The molecule has 4 heteroatoms. The first-order valence-corrected chi connectivity index (χ1v) is 3.41. The molecule has 0 saturated carbocycles. The summed E-state index contributed by atoms with van der Waals surface area (Å²) in [5, 5.41) is 0. The zero-order valence-corrected chi connectivity index (χ0v) is 5.29. The van der Waals surface area contributed by atoms with E-state index in [0.717, 1.165) is 12.7 Å². The van der Waals surface area contributed by atoms with Crippen LogP contribution in [0.25, 0.3) is 0 Å². The summed E-state index contributed by atoms with van der Waals surface area (Å²) in [5.41, 5.74) is 0.0868. The topological polar surface area (TPSA) is 35.5 Å². The molecule has 0 bridgehead atoms. The minimum Gasteiger partial charge on any atom is -0.303 e. The SMILES string of the molecule is O=CC1CCOOP1. The van der Waals surface area contributed by atoms with E-state index in [-0.39, 0.29) is 14.5 Å². The van der Waals surface area contributed by atoms with E-state index >= 15 is 0 Å². The molecule has 1 fully saturated rings. The van der Waals surface area contributed by atoms with Crippen molar-refractivity contribution in [2.45, 2.75) is 12.1 Å². The van der Waals surface area contributed by atoms with Crippen LogP contribution in [0.2, 0.25) is 0 Å². The summed E-state index contributed by atoms with van der Waals surface area (Å²) in [6.45, 7) is 0.552. The quantitative estimate of drug-likeness (QED) is 0.297. The fourth-order valence-electron chi connectivity index (χ4n) is 0.467. The number of hydrogen-bond donors (Lipinski definition) is 0. The van der Waals surface area contributed by atoms with Gasteiger partial charge in [-0.15, -0.1) is 0 Å². The molecule has 46 valence electrons. The molecule has 0 aliphatic carbocycles. The van der Waals surface area contributed by atoms with Crippen LogP contribution in [0, 0.1) is 0 Å². The second kappa shape index (κ2) is 3.13. The van der Waals surface area contributed by atoms with Crippen LogP contribution in [0.5, 0.6) is 0 Å². The minimum absolute atomic E-state index is 0.0868. The van der Waals surface area contributed by atoms with Crippen LogP contribution in [0.15, 0.2) is 0 Å². The Kier molecular flexibility index (Phi) is 2.40. The Morgan fingerprint density at radius 2 is 2.62 bits per heavy atom. The molecule has 1 aliphatic rings. The zero-order valence-electron chi connectivity index (χ0n) is 4.29. The van der Waals surface area contributed by atoms with Crippen LogP contribution in [-0.4, -0.2) is 18.6 Å². The Hall–Kier alpha value is 0.0200. The molecule has 1 aliphatic heterocycles. The first-order chi connectivity index (χ1) is 3.93. The maximum absolute atomic E-state index is 10.0. The molecule has 0 N–H and O–H groups in total. The second-order valence-electron chi connectivity index (χ2n) is 1.55. The lowest BCUT2D eigenvalue weighted by Crippen LogP contribution is -2.12. The molecule has 2 atom stereocenters. The van der Waals surface area contributed by atoms with Gasteiger partial charge in [0.05, 0.1) is 21.1 Å². The molecule has 0 aromatic carbocycles. The highest BCUT2D eigenvalue weighted by atomic mass is 31.1. The van der Waals surface area contributed by atoms with Gasteiger partial charge in [-0.2, -0.15) is 0 Å². The number of carbonyl (C=O) groups is 1. The fourth-order valence-corrected chi connectivity index (χ4v) is 1.03. The van der Waals surface area contributed by atoms with E-state index in [4.69, 9.17) is 0 Å². The van der Waals surface area contributed by atoms with Crippen molar-refractivity contribution in [3.63, 3.8) is 0 Å². The van der Waals surface area contributed by atoms with Gasteiger partial charge in [0, 0.05) is 0 Å². The molecular formula is C4H7O3P. The van der Waals surface area contributed by atoms with Gasteiger partial charge in [0.25, 0.3) is 0 Å². The summed E-state index contributed by atoms with van der Waals surface area (Å²) in [4.78, 5) is 14.6. The zero-order chi connectivity index (χ0) is 5.82. The molecule has 1 saturated heterocycles. The van der Waals surface area contributed by atoms with E-state index < -0.39 is 0 Å². The average molecular weight is 134 g/mol. The summed E-state index contributed by atoms with van der Waals surface area (Å²) in [5.74, 6) is 0. The van der Waals surface area contributed by atoms with Gasteiger partial charge in [0.1, 0.15) is 6.29 Å². The van der Waals surface area contributed by atoms with Gasteiger partial charge in [0.15, 0.2) is 0 Å². The predicted octanol–water partition coefficient (Wildman–Crippen LogP) is 0.499. The van der Waals surface area contributed by atoms with E-state index in [9.17, 15) is 4.79 Å². The largest absolute Gasteiger partial charge is 0.303 e. The third kappa shape index (κ3) is 1.51. The lowest BCUT2D eigenvalue weighted by atomic mass is 10.3. The standard InChI is InChI=1S/C4H7O3P/c5-3-4-1-2-6-7-8-4/h3-4,8H,1-2H2.